The Labute approximate surface area is 142 Å². The SMILES string of the molecule is CCc1cccc2c(CC(=O)O)c(-c3cccc(C(F)(F)F)c3)[nH]c12. The van der Waals surface area contributed by atoms with E-state index < -0.39 is 17.7 Å². The van der Waals surface area contributed by atoms with Gasteiger partial charge in [0.2, 0.25) is 0 Å². The zero-order valence-corrected chi connectivity index (χ0v) is 13.4. The van der Waals surface area contributed by atoms with E-state index in [2.05, 4.69) is 4.98 Å². The molecular formula is C19H16F3NO2. The van der Waals surface area contributed by atoms with Gasteiger partial charge >= 0.3 is 12.1 Å². The molecular weight excluding hydrogens is 331 g/mol. The van der Waals surface area contributed by atoms with Crippen molar-refractivity contribution in [1.29, 1.82) is 0 Å². The van der Waals surface area contributed by atoms with E-state index in [0.717, 1.165) is 35.0 Å². The molecule has 0 aliphatic heterocycles. The molecule has 0 radical (unpaired) electrons. The molecule has 0 aliphatic rings. The van der Waals surface area contributed by atoms with Gasteiger partial charge in [0.1, 0.15) is 0 Å². The number of H-pyrrole nitrogens is 1. The monoisotopic (exact) mass is 347 g/mol. The van der Waals surface area contributed by atoms with Gasteiger partial charge in [-0.1, -0.05) is 37.3 Å². The molecule has 0 bridgehead atoms. The third-order valence-corrected chi connectivity index (χ3v) is 4.22. The van der Waals surface area contributed by atoms with Crippen molar-refractivity contribution in [2.45, 2.75) is 25.9 Å². The van der Waals surface area contributed by atoms with Gasteiger partial charge in [-0.25, -0.2) is 0 Å². The van der Waals surface area contributed by atoms with Crippen LogP contribution in [0.25, 0.3) is 22.2 Å². The third kappa shape index (κ3) is 3.24. The van der Waals surface area contributed by atoms with E-state index in [4.69, 9.17) is 0 Å². The summed E-state index contributed by atoms with van der Waals surface area (Å²) < 4.78 is 39.0. The summed E-state index contributed by atoms with van der Waals surface area (Å²) in [7, 11) is 0. The average Bonchev–Trinajstić information content (AvgIpc) is 2.92. The highest BCUT2D eigenvalue weighted by Crippen LogP contribution is 2.36. The van der Waals surface area contributed by atoms with Gasteiger partial charge in [-0.3, -0.25) is 4.79 Å². The van der Waals surface area contributed by atoms with Crippen LogP contribution < -0.4 is 0 Å². The van der Waals surface area contributed by atoms with Gasteiger partial charge in [0, 0.05) is 10.9 Å². The van der Waals surface area contributed by atoms with Gasteiger partial charge in [-0.2, -0.15) is 13.2 Å². The molecule has 0 spiro atoms. The predicted molar refractivity (Wildman–Crippen MR) is 89.5 cm³/mol. The van der Waals surface area contributed by atoms with E-state index in [-0.39, 0.29) is 6.42 Å². The Kier molecular flexibility index (Phi) is 4.29. The summed E-state index contributed by atoms with van der Waals surface area (Å²) in [6.45, 7) is 1.97. The van der Waals surface area contributed by atoms with Crippen molar-refractivity contribution < 1.29 is 23.1 Å². The fraction of sp³-hybridized carbons (Fsp3) is 0.211. The van der Waals surface area contributed by atoms with Crippen LogP contribution in [0.2, 0.25) is 0 Å². The smallest absolute Gasteiger partial charge is 0.416 e. The molecule has 0 saturated heterocycles. The molecule has 0 amide bonds. The lowest BCUT2D eigenvalue weighted by molar-refractivity contribution is -0.138. The third-order valence-electron chi connectivity index (χ3n) is 4.22. The minimum Gasteiger partial charge on any atom is -0.481 e. The van der Waals surface area contributed by atoms with Gasteiger partial charge in [-0.15, -0.1) is 0 Å². The number of alkyl halides is 3. The molecule has 0 saturated carbocycles. The number of aromatic nitrogens is 1. The Morgan fingerprint density at radius 1 is 1.16 bits per heavy atom. The number of aromatic amines is 1. The highest BCUT2D eigenvalue weighted by molar-refractivity contribution is 5.95. The number of aryl methyl sites for hydroxylation is 1. The maximum absolute atomic E-state index is 13.0. The summed E-state index contributed by atoms with van der Waals surface area (Å²) in [6.07, 6.45) is -3.99. The lowest BCUT2D eigenvalue weighted by Crippen LogP contribution is -2.05. The second-order valence-electron chi connectivity index (χ2n) is 5.82. The molecule has 1 aromatic heterocycles. The van der Waals surface area contributed by atoms with Crippen LogP contribution in [-0.2, 0) is 23.8 Å². The summed E-state index contributed by atoms with van der Waals surface area (Å²) in [5.74, 6) is -1.03. The average molecular weight is 347 g/mol. The number of hydrogen-bond acceptors (Lipinski definition) is 1. The fourth-order valence-electron chi connectivity index (χ4n) is 3.06. The van der Waals surface area contributed by atoms with Crippen molar-refractivity contribution in [2.75, 3.05) is 0 Å². The first kappa shape index (κ1) is 17.1. The Balaban J connectivity index is 2.26. The summed E-state index contributed by atoms with van der Waals surface area (Å²) in [6, 6.07) is 10.5. The molecule has 0 aliphatic carbocycles. The van der Waals surface area contributed by atoms with Gasteiger partial charge in [0.15, 0.2) is 0 Å². The maximum Gasteiger partial charge on any atom is 0.416 e. The second-order valence-corrected chi connectivity index (χ2v) is 5.82. The van der Waals surface area contributed by atoms with E-state index >= 15 is 0 Å². The summed E-state index contributed by atoms with van der Waals surface area (Å²) in [5.41, 5.74) is 2.24. The Morgan fingerprint density at radius 3 is 2.52 bits per heavy atom. The van der Waals surface area contributed by atoms with E-state index in [1.165, 1.54) is 6.07 Å². The van der Waals surface area contributed by atoms with Crippen LogP contribution >= 0.6 is 0 Å². The zero-order chi connectivity index (χ0) is 18.2. The molecule has 0 atom stereocenters. The van der Waals surface area contributed by atoms with Gasteiger partial charge < -0.3 is 10.1 Å². The fourth-order valence-corrected chi connectivity index (χ4v) is 3.06. The summed E-state index contributed by atoms with van der Waals surface area (Å²) in [5, 5.41) is 9.96. The lowest BCUT2D eigenvalue weighted by Gasteiger charge is -2.09. The number of aliphatic carboxylic acids is 1. The van der Waals surface area contributed by atoms with Crippen molar-refractivity contribution in [3.8, 4) is 11.3 Å². The zero-order valence-electron chi connectivity index (χ0n) is 13.4. The summed E-state index contributed by atoms with van der Waals surface area (Å²) >= 11 is 0. The quantitative estimate of drug-likeness (QED) is 0.694. The number of nitrogens with one attached hydrogen (secondary N) is 1. The van der Waals surface area contributed by atoms with Crippen LogP contribution in [0.1, 0.15) is 23.6 Å². The van der Waals surface area contributed by atoms with Crippen molar-refractivity contribution >= 4 is 16.9 Å². The minimum absolute atomic E-state index is 0.265. The Morgan fingerprint density at radius 2 is 1.88 bits per heavy atom. The maximum atomic E-state index is 13.0. The van der Waals surface area contributed by atoms with Gasteiger partial charge in [-0.05, 0) is 35.2 Å². The standard InChI is InChI=1S/C19H16F3NO2/c1-2-11-5-4-8-14-15(10-16(24)25)18(23-17(11)14)12-6-3-7-13(9-12)19(20,21)22/h3-9,23H,2,10H2,1H3,(H,24,25). The first-order valence-electron chi connectivity index (χ1n) is 7.83. The van der Waals surface area contributed by atoms with Crippen LogP contribution in [0.3, 0.4) is 0 Å². The number of carboxylic acid groups (broad SMARTS) is 1. The molecule has 3 nitrogen and oxygen atoms in total. The van der Waals surface area contributed by atoms with Crippen LogP contribution in [0.4, 0.5) is 13.2 Å². The first-order chi connectivity index (χ1) is 11.8. The number of carbonyl (C=O) groups is 1. The molecule has 2 aromatic carbocycles. The lowest BCUT2D eigenvalue weighted by atomic mass is 10.00. The molecule has 3 aromatic rings. The van der Waals surface area contributed by atoms with E-state index in [0.29, 0.717) is 16.8 Å². The van der Waals surface area contributed by atoms with Crippen molar-refractivity contribution in [2.24, 2.45) is 0 Å². The molecule has 6 heteroatoms. The highest BCUT2D eigenvalue weighted by atomic mass is 19.4. The number of carboxylic acids is 1. The number of para-hydroxylation sites is 1. The van der Waals surface area contributed by atoms with E-state index in [9.17, 15) is 23.1 Å². The second kappa shape index (κ2) is 6.27. The van der Waals surface area contributed by atoms with Crippen molar-refractivity contribution in [1.82, 2.24) is 4.98 Å². The topological polar surface area (TPSA) is 53.1 Å². The molecule has 3 rings (SSSR count). The van der Waals surface area contributed by atoms with Gasteiger partial charge in [0.05, 0.1) is 17.7 Å². The van der Waals surface area contributed by atoms with Crippen LogP contribution in [0, 0.1) is 0 Å². The molecule has 1 heterocycles. The normalized spacial score (nSPS) is 11.8. The van der Waals surface area contributed by atoms with Crippen molar-refractivity contribution in [3.63, 3.8) is 0 Å². The number of benzene rings is 2. The Bertz CT molecular complexity index is 941. The number of rotatable bonds is 4. The molecule has 0 fully saturated rings. The van der Waals surface area contributed by atoms with Crippen LogP contribution in [-0.4, -0.2) is 16.1 Å². The molecule has 2 N–H and O–H groups in total. The van der Waals surface area contributed by atoms with Crippen molar-refractivity contribution in [3.05, 3.63) is 59.2 Å². The number of hydrogen-bond donors (Lipinski definition) is 2. The molecule has 25 heavy (non-hydrogen) atoms. The Hall–Kier alpha value is -2.76. The minimum atomic E-state index is -4.45. The molecule has 130 valence electrons. The first-order valence-corrected chi connectivity index (χ1v) is 7.83. The van der Waals surface area contributed by atoms with E-state index in [1.54, 1.807) is 12.1 Å². The van der Waals surface area contributed by atoms with E-state index in [1.807, 2.05) is 19.1 Å². The van der Waals surface area contributed by atoms with Crippen LogP contribution in [0.5, 0.6) is 0 Å². The highest BCUT2D eigenvalue weighted by Gasteiger charge is 2.31. The largest absolute Gasteiger partial charge is 0.481 e. The number of fused-ring (bicyclic) bond motifs is 1. The van der Waals surface area contributed by atoms with Crippen LogP contribution in [0.15, 0.2) is 42.5 Å². The van der Waals surface area contributed by atoms with Gasteiger partial charge in [0.25, 0.3) is 0 Å². The summed E-state index contributed by atoms with van der Waals surface area (Å²) in [4.78, 5) is 14.4. The predicted octanol–water partition coefficient (Wildman–Crippen LogP) is 5.04. The number of halogens is 3. The molecule has 0 unspecified atom stereocenters.